The quantitative estimate of drug-likeness (QED) is 0.726. The summed E-state index contributed by atoms with van der Waals surface area (Å²) in [7, 11) is 0. The van der Waals surface area contributed by atoms with Crippen LogP contribution in [0, 0.1) is 0 Å². The van der Waals surface area contributed by atoms with Crippen LogP contribution in [0.15, 0.2) is 16.8 Å². The van der Waals surface area contributed by atoms with E-state index in [0.717, 1.165) is 5.56 Å². The Morgan fingerprint density at radius 3 is 2.73 bits per heavy atom. The molecule has 2 nitrogen and oxygen atoms in total. The lowest BCUT2D eigenvalue weighted by Gasteiger charge is -2.14. The van der Waals surface area contributed by atoms with Crippen molar-refractivity contribution in [1.82, 2.24) is 0 Å². The van der Waals surface area contributed by atoms with Crippen LogP contribution in [-0.2, 0) is 0 Å². The summed E-state index contributed by atoms with van der Waals surface area (Å²) in [5, 5.41) is 22.4. The molecule has 1 aromatic heterocycles. The maximum atomic E-state index is 9.43. The average molecular weight is 172 g/mol. The molecule has 2 N–H and O–H groups in total. The Balaban J connectivity index is 2.62. The van der Waals surface area contributed by atoms with Gasteiger partial charge in [0.15, 0.2) is 0 Å². The zero-order chi connectivity index (χ0) is 8.27. The van der Waals surface area contributed by atoms with Crippen LogP contribution in [0.2, 0.25) is 0 Å². The summed E-state index contributed by atoms with van der Waals surface area (Å²) in [4.78, 5) is 0. The molecule has 2 atom stereocenters. The van der Waals surface area contributed by atoms with Crippen molar-refractivity contribution in [3.05, 3.63) is 22.4 Å². The lowest BCUT2D eigenvalue weighted by Crippen LogP contribution is -2.15. The number of hydrogen-bond acceptors (Lipinski definition) is 3. The first-order valence-corrected chi connectivity index (χ1v) is 4.58. The monoisotopic (exact) mass is 172 g/mol. The second kappa shape index (κ2) is 3.85. The molecule has 0 aliphatic carbocycles. The Kier molecular flexibility index (Phi) is 3.05. The third-order valence-corrected chi connectivity index (χ3v) is 2.37. The Bertz CT molecular complexity index is 196. The van der Waals surface area contributed by atoms with E-state index in [-0.39, 0.29) is 0 Å². The zero-order valence-corrected chi connectivity index (χ0v) is 7.21. The van der Waals surface area contributed by atoms with Gasteiger partial charge in [-0.15, -0.1) is 0 Å². The summed E-state index contributed by atoms with van der Waals surface area (Å²) in [5.41, 5.74) is 0.810. The van der Waals surface area contributed by atoms with Crippen LogP contribution in [-0.4, -0.2) is 16.3 Å². The van der Waals surface area contributed by atoms with Crippen LogP contribution in [0.4, 0.5) is 0 Å². The molecule has 0 aromatic carbocycles. The Morgan fingerprint density at radius 2 is 2.27 bits per heavy atom. The van der Waals surface area contributed by atoms with Gasteiger partial charge in [-0.2, -0.15) is 11.3 Å². The Morgan fingerprint density at radius 1 is 1.55 bits per heavy atom. The van der Waals surface area contributed by atoms with E-state index in [9.17, 15) is 10.2 Å². The maximum Gasteiger partial charge on any atom is 0.106 e. The highest BCUT2D eigenvalue weighted by Crippen LogP contribution is 2.20. The Hall–Kier alpha value is -0.380. The summed E-state index contributed by atoms with van der Waals surface area (Å²) in [6.45, 7) is 1.85. The molecule has 0 aliphatic heterocycles. The van der Waals surface area contributed by atoms with Gasteiger partial charge >= 0.3 is 0 Å². The van der Waals surface area contributed by atoms with Gasteiger partial charge in [0, 0.05) is 0 Å². The number of hydrogen-bond donors (Lipinski definition) is 2. The number of thiophene rings is 1. The van der Waals surface area contributed by atoms with E-state index in [1.54, 1.807) is 0 Å². The van der Waals surface area contributed by atoms with Gasteiger partial charge < -0.3 is 10.2 Å². The smallest absolute Gasteiger partial charge is 0.106 e. The molecule has 1 rings (SSSR count). The molecule has 0 aliphatic rings. The van der Waals surface area contributed by atoms with Crippen LogP contribution in [0.3, 0.4) is 0 Å². The largest absolute Gasteiger partial charge is 0.390 e. The molecule has 62 valence electrons. The van der Waals surface area contributed by atoms with Crippen molar-refractivity contribution in [2.24, 2.45) is 0 Å². The van der Waals surface area contributed by atoms with E-state index in [1.165, 1.54) is 11.3 Å². The minimum Gasteiger partial charge on any atom is -0.390 e. The predicted molar refractivity (Wildman–Crippen MR) is 45.6 cm³/mol. The summed E-state index contributed by atoms with van der Waals surface area (Å²) >= 11 is 1.52. The zero-order valence-electron chi connectivity index (χ0n) is 6.40. The van der Waals surface area contributed by atoms with Gasteiger partial charge in [-0.05, 0) is 28.8 Å². The second-order valence-electron chi connectivity index (χ2n) is 2.48. The third kappa shape index (κ3) is 2.02. The molecule has 0 amide bonds. The van der Waals surface area contributed by atoms with Crippen molar-refractivity contribution >= 4 is 11.3 Å². The number of aliphatic hydroxyl groups is 2. The minimum atomic E-state index is -0.716. The first-order valence-electron chi connectivity index (χ1n) is 3.64. The van der Waals surface area contributed by atoms with Gasteiger partial charge in [-0.1, -0.05) is 6.92 Å². The lowest BCUT2D eigenvalue weighted by atomic mass is 10.1. The molecule has 2 unspecified atom stereocenters. The topological polar surface area (TPSA) is 40.5 Å². The van der Waals surface area contributed by atoms with E-state index in [4.69, 9.17) is 0 Å². The molecule has 0 spiro atoms. The number of rotatable bonds is 3. The van der Waals surface area contributed by atoms with Crippen LogP contribution in [0.25, 0.3) is 0 Å². The van der Waals surface area contributed by atoms with E-state index in [0.29, 0.717) is 6.42 Å². The van der Waals surface area contributed by atoms with Crippen molar-refractivity contribution in [3.63, 3.8) is 0 Å². The Labute approximate surface area is 70.1 Å². The highest BCUT2D eigenvalue weighted by Gasteiger charge is 2.15. The van der Waals surface area contributed by atoms with Gasteiger partial charge in [0.1, 0.15) is 6.10 Å². The molecular weight excluding hydrogens is 160 g/mol. The minimum absolute atomic E-state index is 0.580. The average Bonchev–Trinajstić information content (AvgIpc) is 2.53. The van der Waals surface area contributed by atoms with Crippen molar-refractivity contribution in [1.29, 1.82) is 0 Å². The van der Waals surface area contributed by atoms with E-state index in [1.807, 2.05) is 23.8 Å². The van der Waals surface area contributed by atoms with Crippen LogP contribution in [0.5, 0.6) is 0 Å². The fourth-order valence-electron chi connectivity index (χ4n) is 0.889. The van der Waals surface area contributed by atoms with Crippen LogP contribution < -0.4 is 0 Å². The summed E-state index contributed by atoms with van der Waals surface area (Å²) in [5.74, 6) is 0. The molecule has 0 radical (unpaired) electrons. The summed E-state index contributed by atoms with van der Waals surface area (Å²) in [6.07, 6.45) is -0.771. The molecule has 3 heteroatoms. The normalized spacial score (nSPS) is 16.3. The van der Waals surface area contributed by atoms with Gasteiger partial charge in [0.2, 0.25) is 0 Å². The van der Waals surface area contributed by atoms with Crippen molar-refractivity contribution in [2.45, 2.75) is 25.6 Å². The predicted octanol–water partition coefficient (Wildman–Crippen LogP) is 1.55. The molecule has 0 saturated carbocycles. The van der Waals surface area contributed by atoms with E-state index in [2.05, 4.69) is 0 Å². The van der Waals surface area contributed by atoms with Gasteiger partial charge in [-0.25, -0.2) is 0 Å². The highest BCUT2D eigenvalue weighted by atomic mass is 32.1. The molecule has 1 heterocycles. The van der Waals surface area contributed by atoms with Gasteiger partial charge in [0.25, 0.3) is 0 Å². The first kappa shape index (κ1) is 8.71. The van der Waals surface area contributed by atoms with Crippen molar-refractivity contribution in [3.8, 4) is 0 Å². The second-order valence-corrected chi connectivity index (χ2v) is 3.26. The fourth-order valence-corrected chi connectivity index (χ4v) is 1.58. The highest BCUT2D eigenvalue weighted by molar-refractivity contribution is 7.07. The van der Waals surface area contributed by atoms with Crippen molar-refractivity contribution in [2.75, 3.05) is 0 Å². The van der Waals surface area contributed by atoms with E-state index < -0.39 is 12.2 Å². The molecule has 0 saturated heterocycles. The number of aliphatic hydroxyl groups excluding tert-OH is 2. The molecule has 11 heavy (non-hydrogen) atoms. The van der Waals surface area contributed by atoms with Crippen LogP contribution in [0.1, 0.15) is 25.0 Å². The lowest BCUT2D eigenvalue weighted by molar-refractivity contribution is 0.0167. The van der Waals surface area contributed by atoms with Gasteiger partial charge in [0.05, 0.1) is 6.10 Å². The fraction of sp³-hybridized carbons (Fsp3) is 0.500. The molecular formula is C8H12O2S. The van der Waals surface area contributed by atoms with E-state index >= 15 is 0 Å². The standard InChI is InChI=1S/C8H12O2S/c1-2-7(9)8(10)6-3-4-11-5-6/h3-5,7-10H,2H2,1H3. The van der Waals surface area contributed by atoms with Gasteiger partial charge in [-0.3, -0.25) is 0 Å². The molecule has 1 aromatic rings. The first-order chi connectivity index (χ1) is 5.25. The molecule has 0 bridgehead atoms. The summed E-state index contributed by atoms with van der Waals surface area (Å²) < 4.78 is 0. The summed E-state index contributed by atoms with van der Waals surface area (Å²) in [6, 6.07) is 1.83. The van der Waals surface area contributed by atoms with Crippen LogP contribution >= 0.6 is 11.3 Å². The molecule has 0 fully saturated rings. The van der Waals surface area contributed by atoms with Crippen molar-refractivity contribution < 1.29 is 10.2 Å². The third-order valence-electron chi connectivity index (χ3n) is 1.67. The SMILES string of the molecule is CCC(O)C(O)c1ccsc1. The maximum absolute atomic E-state index is 9.43.